The first kappa shape index (κ1) is 33.6. The van der Waals surface area contributed by atoms with Crippen LogP contribution in [-0.4, -0.2) is 41.2 Å². The number of benzene rings is 3. The fraction of sp³-hybridized carbons (Fsp3) is 0.133. The van der Waals surface area contributed by atoms with Crippen molar-refractivity contribution in [3.05, 3.63) is 96.3 Å². The van der Waals surface area contributed by atoms with Crippen molar-refractivity contribution in [2.75, 3.05) is 17.7 Å². The third-order valence-corrected chi connectivity index (χ3v) is 10.1. The Hall–Kier alpha value is -3.25. The zero-order valence-corrected chi connectivity index (χ0v) is 27.7. The number of hydrogen-bond acceptors (Lipinski definition) is 7. The number of thioether (sulfide) groups is 1. The van der Waals surface area contributed by atoms with Gasteiger partial charge in [-0.25, -0.2) is 9.59 Å². The van der Waals surface area contributed by atoms with Crippen LogP contribution >= 0.6 is 69.5 Å². The lowest BCUT2D eigenvalue weighted by Crippen LogP contribution is -2.23. The van der Waals surface area contributed by atoms with Crippen molar-refractivity contribution in [1.82, 2.24) is 0 Å². The Balaban J connectivity index is 1.52. The Bertz CT molecular complexity index is 1790. The molecule has 0 fully saturated rings. The van der Waals surface area contributed by atoms with Crippen LogP contribution in [-0.2, 0) is 9.53 Å². The van der Waals surface area contributed by atoms with Crippen molar-refractivity contribution >= 4 is 104 Å². The van der Waals surface area contributed by atoms with Gasteiger partial charge >= 0.3 is 11.9 Å². The number of methoxy groups -OCH3 is 1. The predicted molar refractivity (Wildman–Crippen MR) is 178 cm³/mol. The highest BCUT2D eigenvalue weighted by atomic mass is 35.5. The topological polar surface area (TPSA) is 122 Å². The number of aromatic carboxylic acids is 1. The van der Waals surface area contributed by atoms with Gasteiger partial charge in [-0.15, -0.1) is 23.1 Å². The van der Waals surface area contributed by atoms with Gasteiger partial charge < -0.3 is 20.5 Å². The Morgan fingerprint density at radius 2 is 1.52 bits per heavy atom. The Morgan fingerprint density at radius 1 is 0.886 bits per heavy atom. The van der Waals surface area contributed by atoms with E-state index < -0.39 is 39.2 Å². The molecular weight excluding hydrogens is 690 g/mol. The number of aryl methyl sites for hydroxylation is 1. The van der Waals surface area contributed by atoms with Crippen molar-refractivity contribution in [3.63, 3.8) is 0 Å². The van der Waals surface area contributed by atoms with Gasteiger partial charge in [0.25, 0.3) is 5.91 Å². The first-order chi connectivity index (χ1) is 20.8. The summed E-state index contributed by atoms with van der Waals surface area (Å²) in [5.41, 5.74) is 2.04. The standard InChI is InChI=1S/C30H22Cl4N2O6S2/c1-13-7-9-15(10-8-13)18-12-43-28(19(18)30(41)42-3)36-26(37)14(2)44-17-6-4-5-16(11-17)35-27(38)20-21(29(39)40)23(32)25(34)24(33)22(20)31/h4-12,14H,1-3H3,(H,35,38)(H,36,37)(H,39,40). The lowest BCUT2D eigenvalue weighted by molar-refractivity contribution is -0.115. The number of rotatable bonds is 9. The van der Waals surface area contributed by atoms with E-state index in [0.717, 1.165) is 11.1 Å². The Labute approximate surface area is 280 Å². The van der Waals surface area contributed by atoms with Gasteiger partial charge in [-0.3, -0.25) is 9.59 Å². The lowest BCUT2D eigenvalue weighted by Gasteiger charge is -2.15. The van der Waals surface area contributed by atoms with Crippen LogP contribution in [0.3, 0.4) is 0 Å². The third kappa shape index (κ3) is 7.17. The second-order valence-corrected chi connectivity index (χ2v) is 13.1. The quantitative estimate of drug-likeness (QED) is 0.0685. The summed E-state index contributed by atoms with van der Waals surface area (Å²) in [7, 11) is 1.28. The minimum Gasteiger partial charge on any atom is -0.478 e. The number of carboxylic acid groups (broad SMARTS) is 1. The van der Waals surface area contributed by atoms with Gasteiger partial charge in [0.05, 0.1) is 43.6 Å². The van der Waals surface area contributed by atoms with Crippen LogP contribution in [0.5, 0.6) is 0 Å². The third-order valence-electron chi connectivity index (χ3n) is 6.26. The van der Waals surface area contributed by atoms with Gasteiger partial charge in [0, 0.05) is 21.5 Å². The molecule has 4 rings (SSSR count). The van der Waals surface area contributed by atoms with Crippen molar-refractivity contribution in [3.8, 4) is 11.1 Å². The van der Waals surface area contributed by atoms with E-state index in [2.05, 4.69) is 10.6 Å². The van der Waals surface area contributed by atoms with E-state index in [4.69, 9.17) is 51.1 Å². The molecule has 4 aromatic rings. The zero-order chi connectivity index (χ0) is 32.3. The minimum absolute atomic E-state index is 0.260. The average molecular weight is 712 g/mol. The predicted octanol–water partition coefficient (Wildman–Crippen LogP) is 9.19. The molecule has 3 N–H and O–H groups in total. The molecule has 0 aliphatic rings. The summed E-state index contributed by atoms with van der Waals surface area (Å²) >= 11 is 26.7. The van der Waals surface area contributed by atoms with Crippen molar-refractivity contribution < 1.29 is 29.0 Å². The Kier molecular flexibility index (Phi) is 10.9. The minimum atomic E-state index is -1.52. The van der Waals surface area contributed by atoms with Crippen LogP contribution in [0.15, 0.2) is 58.8 Å². The van der Waals surface area contributed by atoms with Gasteiger partial charge in [-0.2, -0.15) is 0 Å². The highest BCUT2D eigenvalue weighted by Gasteiger charge is 2.29. The molecule has 0 aliphatic carbocycles. The molecule has 0 saturated heterocycles. The van der Waals surface area contributed by atoms with Gasteiger partial charge in [0.2, 0.25) is 5.91 Å². The summed E-state index contributed by atoms with van der Waals surface area (Å²) in [6.07, 6.45) is 0. The number of carbonyl (C=O) groups is 4. The lowest BCUT2D eigenvalue weighted by atomic mass is 10.0. The molecule has 1 atom stereocenters. The number of amides is 2. The van der Waals surface area contributed by atoms with Crippen LogP contribution < -0.4 is 10.6 Å². The van der Waals surface area contributed by atoms with E-state index in [9.17, 15) is 24.3 Å². The van der Waals surface area contributed by atoms with Crippen LogP contribution in [0.4, 0.5) is 10.7 Å². The van der Waals surface area contributed by atoms with E-state index in [1.54, 1.807) is 36.6 Å². The molecule has 44 heavy (non-hydrogen) atoms. The number of ether oxygens (including phenoxy) is 1. The summed E-state index contributed by atoms with van der Waals surface area (Å²) in [6, 6.07) is 14.2. The largest absolute Gasteiger partial charge is 0.478 e. The first-order valence-corrected chi connectivity index (χ1v) is 15.9. The summed E-state index contributed by atoms with van der Waals surface area (Å²) < 4.78 is 5.00. The van der Waals surface area contributed by atoms with Crippen LogP contribution in [0.25, 0.3) is 11.1 Å². The van der Waals surface area contributed by atoms with Gasteiger partial charge in [0.15, 0.2) is 0 Å². The molecule has 0 aliphatic heterocycles. The van der Waals surface area contributed by atoms with Gasteiger partial charge in [-0.1, -0.05) is 82.3 Å². The number of anilines is 2. The number of hydrogen-bond donors (Lipinski definition) is 3. The number of esters is 1. The van der Waals surface area contributed by atoms with E-state index in [1.165, 1.54) is 30.2 Å². The maximum absolute atomic E-state index is 13.2. The molecule has 1 unspecified atom stereocenters. The SMILES string of the molecule is COC(=O)c1c(-c2ccc(C)cc2)csc1NC(=O)C(C)Sc1cccc(NC(=O)c2c(Cl)c(Cl)c(Cl)c(Cl)c2C(=O)O)c1. The highest BCUT2D eigenvalue weighted by molar-refractivity contribution is 8.00. The second-order valence-electron chi connectivity index (χ2n) is 9.25. The molecule has 228 valence electrons. The normalized spacial score (nSPS) is 11.5. The molecule has 1 aromatic heterocycles. The molecule has 3 aromatic carbocycles. The summed E-state index contributed by atoms with van der Waals surface area (Å²) in [4.78, 5) is 51.5. The molecular formula is C30H22Cl4N2O6S2. The van der Waals surface area contributed by atoms with E-state index in [-0.39, 0.29) is 32.2 Å². The van der Waals surface area contributed by atoms with Crippen molar-refractivity contribution in [2.24, 2.45) is 0 Å². The Morgan fingerprint density at radius 3 is 2.14 bits per heavy atom. The smallest absolute Gasteiger partial charge is 0.341 e. The van der Waals surface area contributed by atoms with Crippen LogP contribution in [0.1, 0.15) is 43.6 Å². The molecule has 2 amide bonds. The molecule has 8 nitrogen and oxygen atoms in total. The average Bonchev–Trinajstić information content (AvgIpc) is 3.40. The van der Waals surface area contributed by atoms with Gasteiger partial charge in [0.1, 0.15) is 10.6 Å². The fourth-order valence-corrected chi connectivity index (χ4v) is 6.96. The fourth-order valence-electron chi connectivity index (χ4n) is 4.06. The van der Waals surface area contributed by atoms with E-state index in [1.807, 2.05) is 31.2 Å². The molecule has 1 heterocycles. The maximum atomic E-state index is 13.2. The second kappa shape index (κ2) is 14.2. The highest BCUT2D eigenvalue weighted by Crippen LogP contribution is 2.42. The number of halogens is 4. The molecule has 14 heteroatoms. The summed E-state index contributed by atoms with van der Waals surface area (Å²) in [5, 5.41) is 15.3. The molecule has 0 spiro atoms. The summed E-state index contributed by atoms with van der Waals surface area (Å²) in [6.45, 7) is 3.65. The van der Waals surface area contributed by atoms with E-state index >= 15 is 0 Å². The monoisotopic (exact) mass is 710 g/mol. The van der Waals surface area contributed by atoms with Gasteiger partial charge in [-0.05, 0) is 37.6 Å². The molecule has 0 bridgehead atoms. The first-order valence-electron chi connectivity index (χ1n) is 12.6. The van der Waals surface area contributed by atoms with Crippen LogP contribution in [0.2, 0.25) is 20.1 Å². The molecule has 0 radical (unpaired) electrons. The maximum Gasteiger partial charge on any atom is 0.341 e. The van der Waals surface area contributed by atoms with Crippen molar-refractivity contribution in [2.45, 2.75) is 24.0 Å². The van der Waals surface area contributed by atoms with Crippen molar-refractivity contribution in [1.29, 1.82) is 0 Å². The number of thiophene rings is 1. The number of nitrogens with one attached hydrogen (secondary N) is 2. The molecule has 0 saturated carbocycles. The number of carbonyl (C=O) groups excluding carboxylic acids is 3. The summed E-state index contributed by atoms with van der Waals surface area (Å²) in [5.74, 6) is -3.33. The zero-order valence-electron chi connectivity index (χ0n) is 23.1. The van der Waals surface area contributed by atoms with E-state index in [0.29, 0.717) is 15.5 Å². The van der Waals surface area contributed by atoms with Crippen LogP contribution in [0, 0.1) is 6.92 Å². The number of carboxylic acids is 1.